The first kappa shape index (κ1) is 16.3. The van der Waals surface area contributed by atoms with Gasteiger partial charge in [0.1, 0.15) is 0 Å². The maximum atomic E-state index is 4.00. The zero-order valence-corrected chi connectivity index (χ0v) is 8.15. The first-order valence-electron chi connectivity index (χ1n) is 4.14. The first-order chi connectivity index (χ1) is 4.81. The molecule has 0 fully saturated rings. The summed E-state index contributed by atoms with van der Waals surface area (Å²) in [6, 6.07) is 0. The highest BCUT2D eigenvalue weighted by Crippen LogP contribution is 2.02. The van der Waals surface area contributed by atoms with E-state index in [-0.39, 0.29) is 0 Å². The van der Waals surface area contributed by atoms with E-state index in [2.05, 4.69) is 33.6 Å². The molecular formula is C10H22. The standard InChI is InChI=1S/C6H14.C2H6.C2H2/c1-4-6(3)5-2;2*1-2/h6H,4-5H2,1-3H3;1-2H3;1-2H. The molecule has 0 N–H and O–H groups in total. The Morgan fingerprint density at radius 2 is 1.20 bits per heavy atom. The van der Waals surface area contributed by atoms with Crippen LogP contribution in [0.3, 0.4) is 0 Å². The number of terminal acetylenes is 1. The SMILES string of the molecule is C#C.CC.CCC(C)CC. The summed E-state index contributed by atoms with van der Waals surface area (Å²) in [4.78, 5) is 0. The molecule has 0 saturated carbocycles. The molecule has 10 heavy (non-hydrogen) atoms. The maximum absolute atomic E-state index is 4.00. The lowest BCUT2D eigenvalue weighted by molar-refractivity contribution is 0.544. The summed E-state index contributed by atoms with van der Waals surface area (Å²) in [6.45, 7) is 10.7. The predicted molar refractivity (Wildman–Crippen MR) is 51.0 cm³/mol. The third kappa shape index (κ3) is 25.7. The predicted octanol–water partition coefficient (Wildman–Crippen LogP) is 3.72. The summed E-state index contributed by atoms with van der Waals surface area (Å²) in [7, 11) is 0. The Morgan fingerprint density at radius 3 is 1.20 bits per heavy atom. The average molecular weight is 142 g/mol. The fourth-order valence-electron chi connectivity index (χ4n) is 0.289. The summed E-state index contributed by atoms with van der Waals surface area (Å²) < 4.78 is 0. The van der Waals surface area contributed by atoms with Gasteiger partial charge >= 0.3 is 0 Å². The minimum Gasteiger partial charge on any atom is -0.124 e. The van der Waals surface area contributed by atoms with Gasteiger partial charge in [0.15, 0.2) is 0 Å². The molecule has 0 atom stereocenters. The van der Waals surface area contributed by atoms with Gasteiger partial charge in [0.2, 0.25) is 0 Å². The van der Waals surface area contributed by atoms with Crippen LogP contribution in [0.4, 0.5) is 0 Å². The lowest BCUT2D eigenvalue weighted by Gasteiger charge is -1.98. The smallest absolute Gasteiger partial charge is 0.0448 e. The Kier molecular flexibility index (Phi) is 38.3. The Balaban J connectivity index is -0.000000105. The number of hydrogen-bond donors (Lipinski definition) is 0. The van der Waals surface area contributed by atoms with Crippen LogP contribution in [0.15, 0.2) is 0 Å². The van der Waals surface area contributed by atoms with Gasteiger partial charge in [-0.15, -0.1) is 12.8 Å². The van der Waals surface area contributed by atoms with E-state index in [0.29, 0.717) is 0 Å². The van der Waals surface area contributed by atoms with Gasteiger partial charge in [-0.1, -0.05) is 47.5 Å². The molecule has 0 aromatic rings. The molecule has 0 amide bonds. The summed E-state index contributed by atoms with van der Waals surface area (Å²) in [5, 5.41) is 0. The van der Waals surface area contributed by atoms with Crippen molar-refractivity contribution < 1.29 is 0 Å². The molecule has 0 aromatic carbocycles. The summed E-state index contributed by atoms with van der Waals surface area (Å²) in [5.74, 6) is 0.935. The van der Waals surface area contributed by atoms with Crippen LogP contribution in [0.2, 0.25) is 0 Å². The molecule has 0 saturated heterocycles. The fourth-order valence-corrected chi connectivity index (χ4v) is 0.289. The van der Waals surface area contributed by atoms with Gasteiger partial charge in [-0.05, 0) is 5.92 Å². The van der Waals surface area contributed by atoms with Gasteiger partial charge in [0, 0.05) is 0 Å². The van der Waals surface area contributed by atoms with Gasteiger partial charge in [0.05, 0.1) is 0 Å². The van der Waals surface area contributed by atoms with E-state index in [0.717, 1.165) is 5.92 Å². The van der Waals surface area contributed by atoms with E-state index in [1.807, 2.05) is 13.8 Å². The van der Waals surface area contributed by atoms with Crippen molar-refractivity contribution in [2.75, 3.05) is 0 Å². The molecule has 0 heterocycles. The molecule has 0 aliphatic carbocycles. The Hall–Kier alpha value is -0.440. The van der Waals surface area contributed by atoms with Crippen molar-refractivity contribution in [2.24, 2.45) is 5.92 Å². The molecular weight excluding hydrogens is 120 g/mol. The van der Waals surface area contributed by atoms with Gasteiger partial charge in [-0.2, -0.15) is 0 Å². The summed E-state index contributed by atoms with van der Waals surface area (Å²) in [6.07, 6.45) is 10.7. The van der Waals surface area contributed by atoms with E-state index in [1.54, 1.807) is 0 Å². The van der Waals surface area contributed by atoms with Crippen molar-refractivity contribution in [1.82, 2.24) is 0 Å². The monoisotopic (exact) mass is 142 g/mol. The van der Waals surface area contributed by atoms with Crippen molar-refractivity contribution in [3.63, 3.8) is 0 Å². The van der Waals surface area contributed by atoms with Crippen LogP contribution in [-0.4, -0.2) is 0 Å². The second kappa shape index (κ2) is 23.5. The largest absolute Gasteiger partial charge is 0.124 e. The first-order valence-corrected chi connectivity index (χ1v) is 4.14. The van der Waals surface area contributed by atoms with Gasteiger partial charge in [-0.3, -0.25) is 0 Å². The molecule has 0 bridgehead atoms. The summed E-state index contributed by atoms with van der Waals surface area (Å²) >= 11 is 0. The number of hydrogen-bond acceptors (Lipinski definition) is 0. The molecule has 0 nitrogen and oxygen atoms in total. The molecule has 0 unspecified atom stereocenters. The van der Waals surface area contributed by atoms with E-state index in [1.165, 1.54) is 12.8 Å². The van der Waals surface area contributed by atoms with Gasteiger partial charge in [-0.25, -0.2) is 0 Å². The van der Waals surface area contributed by atoms with Crippen LogP contribution >= 0.6 is 0 Å². The lowest BCUT2D eigenvalue weighted by Crippen LogP contribution is -1.85. The van der Waals surface area contributed by atoms with Gasteiger partial charge < -0.3 is 0 Å². The van der Waals surface area contributed by atoms with Gasteiger partial charge in [0.25, 0.3) is 0 Å². The molecule has 0 rings (SSSR count). The van der Waals surface area contributed by atoms with Crippen molar-refractivity contribution in [1.29, 1.82) is 0 Å². The van der Waals surface area contributed by atoms with E-state index >= 15 is 0 Å². The van der Waals surface area contributed by atoms with Crippen LogP contribution < -0.4 is 0 Å². The zero-order chi connectivity index (χ0) is 8.99. The van der Waals surface area contributed by atoms with Crippen molar-refractivity contribution in [3.05, 3.63) is 0 Å². The normalized spacial score (nSPS) is 6.80. The van der Waals surface area contributed by atoms with Crippen LogP contribution in [0, 0.1) is 18.8 Å². The highest BCUT2D eigenvalue weighted by atomic mass is 13.9. The third-order valence-corrected chi connectivity index (χ3v) is 1.39. The zero-order valence-electron chi connectivity index (χ0n) is 8.15. The Labute approximate surface area is 67.0 Å². The minimum atomic E-state index is 0.935. The third-order valence-electron chi connectivity index (χ3n) is 1.39. The molecule has 0 radical (unpaired) electrons. The van der Waals surface area contributed by atoms with E-state index in [4.69, 9.17) is 0 Å². The van der Waals surface area contributed by atoms with E-state index in [9.17, 15) is 0 Å². The highest BCUT2D eigenvalue weighted by molar-refractivity contribution is 4.47. The second-order valence-electron chi connectivity index (χ2n) is 1.92. The van der Waals surface area contributed by atoms with Crippen LogP contribution in [0.1, 0.15) is 47.5 Å². The molecule has 0 aromatic heterocycles. The quantitative estimate of drug-likeness (QED) is 0.515. The summed E-state index contributed by atoms with van der Waals surface area (Å²) in [5.41, 5.74) is 0. The van der Waals surface area contributed by atoms with Crippen molar-refractivity contribution >= 4 is 0 Å². The van der Waals surface area contributed by atoms with E-state index < -0.39 is 0 Å². The van der Waals surface area contributed by atoms with Crippen LogP contribution in [0.5, 0.6) is 0 Å². The minimum absolute atomic E-state index is 0.935. The molecule has 0 aliphatic rings. The average Bonchev–Trinajstić information content (AvgIpc) is 2.10. The molecule has 0 heteroatoms. The molecule has 0 aliphatic heterocycles. The topological polar surface area (TPSA) is 0 Å². The fraction of sp³-hybridized carbons (Fsp3) is 0.800. The highest BCUT2D eigenvalue weighted by Gasteiger charge is 1.88. The maximum Gasteiger partial charge on any atom is -0.0448 e. The van der Waals surface area contributed by atoms with Crippen LogP contribution in [0.25, 0.3) is 0 Å². The van der Waals surface area contributed by atoms with Crippen molar-refractivity contribution in [3.8, 4) is 12.8 Å². The number of rotatable bonds is 2. The molecule has 0 spiro atoms. The van der Waals surface area contributed by atoms with Crippen molar-refractivity contribution in [2.45, 2.75) is 47.5 Å². The molecule has 62 valence electrons. The second-order valence-corrected chi connectivity index (χ2v) is 1.92. The Morgan fingerprint density at radius 1 is 1.00 bits per heavy atom. The Bertz CT molecular complexity index is 39.2. The van der Waals surface area contributed by atoms with Crippen LogP contribution in [-0.2, 0) is 0 Å². The lowest BCUT2D eigenvalue weighted by atomic mass is 10.1.